The van der Waals surface area contributed by atoms with Gasteiger partial charge in [-0.25, -0.2) is 9.13 Å². The second kappa shape index (κ2) is 21.1. The van der Waals surface area contributed by atoms with E-state index < -0.39 is 27.5 Å². The molecule has 0 saturated carbocycles. The van der Waals surface area contributed by atoms with Crippen LogP contribution in [0.4, 0.5) is 11.4 Å². The van der Waals surface area contributed by atoms with Crippen molar-refractivity contribution in [3.8, 4) is 11.5 Å². The fourth-order valence-corrected chi connectivity index (χ4v) is 10.5. The molecule has 0 saturated heterocycles. The molecule has 0 fully saturated rings. The van der Waals surface area contributed by atoms with Gasteiger partial charge in [-0.2, -0.15) is 0 Å². The molecule has 70 heavy (non-hydrogen) atoms. The Morgan fingerprint density at radius 1 is 0.657 bits per heavy atom. The molecule has 18 nitrogen and oxygen atoms in total. The molecule has 4 aromatic carbocycles. The summed E-state index contributed by atoms with van der Waals surface area (Å²) in [5.41, 5.74) is 3.26. The van der Waals surface area contributed by atoms with Gasteiger partial charge in [-0.3, -0.25) is 48.4 Å². The van der Waals surface area contributed by atoms with Crippen molar-refractivity contribution in [2.75, 3.05) is 47.7 Å². The van der Waals surface area contributed by atoms with Gasteiger partial charge in [-0.15, -0.1) is 23.2 Å². The maximum Gasteiger partial charge on any atom is 0.524 e. The number of hydrogen-bond acceptors (Lipinski definition) is 9. The molecule has 2 atom stereocenters. The molecule has 5 amide bonds. The van der Waals surface area contributed by atoms with E-state index in [0.717, 1.165) is 16.0 Å². The number of carbonyl (C=O) groups excluding carboxylic acids is 5. The van der Waals surface area contributed by atoms with Crippen molar-refractivity contribution in [2.24, 2.45) is 0 Å². The molecule has 4 heterocycles. The van der Waals surface area contributed by atoms with E-state index in [4.69, 9.17) is 32.2 Å². The van der Waals surface area contributed by atoms with Crippen LogP contribution in [-0.2, 0) is 39.6 Å². The van der Waals surface area contributed by atoms with Gasteiger partial charge < -0.3 is 28.7 Å². The fraction of sp³-hybridized carbons (Fsp3) is 0.271. The van der Waals surface area contributed by atoms with Gasteiger partial charge in [0.2, 0.25) is 5.91 Å². The van der Waals surface area contributed by atoms with Crippen LogP contribution in [0.3, 0.4) is 0 Å². The van der Waals surface area contributed by atoms with E-state index >= 15 is 0 Å². The monoisotopic (exact) mass is 1030 g/mol. The SMILES string of the molecule is O=C(CCCCCN1C(=O)C=CC1=O)NCCn1c(/C=C/C(=O)N2CC(CCl)c3c2cc(OP(=O)(O)O)c2ccccc32)ccc1/C=C/C(=O)N1C[C@@H](CCl)c2c1cc(OP(=O)(O)O)c1ccccc21. The van der Waals surface area contributed by atoms with Gasteiger partial charge >= 0.3 is 15.6 Å². The number of anilines is 2. The lowest BCUT2D eigenvalue weighted by Crippen LogP contribution is -2.31. The Morgan fingerprint density at radius 2 is 1.11 bits per heavy atom. The summed E-state index contributed by atoms with van der Waals surface area (Å²) in [7, 11) is -9.98. The smallest absolute Gasteiger partial charge is 0.404 e. The minimum Gasteiger partial charge on any atom is -0.404 e. The third kappa shape index (κ3) is 11.1. The van der Waals surface area contributed by atoms with Crippen LogP contribution >= 0.6 is 38.8 Å². The van der Waals surface area contributed by atoms with Crippen LogP contribution in [0.25, 0.3) is 33.7 Å². The number of halogens is 2. The van der Waals surface area contributed by atoms with Crippen molar-refractivity contribution in [1.29, 1.82) is 0 Å². The van der Waals surface area contributed by atoms with Crippen molar-refractivity contribution in [3.05, 3.63) is 120 Å². The number of nitrogens with zero attached hydrogens (tertiary/aromatic N) is 4. The number of fused-ring (bicyclic) bond motifs is 6. The number of imide groups is 1. The molecular weight excluding hydrogens is 987 g/mol. The predicted molar refractivity (Wildman–Crippen MR) is 265 cm³/mol. The number of aromatic nitrogens is 1. The Balaban J connectivity index is 1.04. The van der Waals surface area contributed by atoms with Gasteiger partial charge in [-0.1, -0.05) is 55.0 Å². The van der Waals surface area contributed by atoms with E-state index in [2.05, 4.69) is 5.32 Å². The Kier molecular flexibility index (Phi) is 15.2. The molecule has 0 spiro atoms. The molecule has 0 bridgehead atoms. The van der Waals surface area contributed by atoms with Crippen molar-refractivity contribution in [1.82, 2.24) is 14.8 Å². The van der Waals surface area contributed by atoms with Crippen molar-refractivity contribution in [3.63, 3.8) is 0 Å². The largest absolute Gasteiger partial charge is 0.524 e. The number of unbranched alkanes of at least 4 members (excludes halogenated alkanes) is 2. The Bertz CT molecular complexity index is 2920. The number of nitrogens with one attached hydrogen (secondary N) is 1. The van der Waals surface area contributed by atoms with Gasteiger partial charge in [0.1, 0.15) is 11.5 Å². The minimum atomic E-state index is -4.99. The third-order valence-electron chi connectivity index (χ3n) is 12.3. The molecule has 0 aliphatic carbocycles. The zero-order valence-electron chi connectivity index (χ0n) is 37.2. The summed E-state index contributed by atoms with van der Waals surface area (Å²) in [5.74, 6) is -2.41. The molecule has 8 rings (SSSR count). The molecule has 366 valence electrons. The first kappa shape index (κ1) is 50.3. The summed E-state index contributed by atoms with van der Waals surface area (Å²) < 4.78 is 35.9. The van der Waals surface area contributed by atoms with E-state index in [1.54, 1.807) is 77.4 Å². The van der Waals surface area contributed by atoms with E-state index in [9.17, 15) is 52.7 Å². The highest BCUT2D eigenvalue weighted by atomic mass is 35.5. The first-order valence-corrected chi connectivity index (χ1v) is 26.3. The van der Waals surface area contributed by atoms with E-state index in [1.807, 2.05) is 0 Å². The average Bonchev–Trinajstić information content (AvgIpc) is 4.09. The lowest BCUT2D eigenvalue weighted by atomic mass is 9.95. The lowest BCUT2D eigenvalue weighted by molar-refractivity contribution is -0.137. The Labute approximate surface area is 411 Å². The van der Waals surface area contributed by atoms with Gasteiger partial charge in [0.05, 0.1) is 11.4 Å². The highest BCUT2D eigenvalue weighted by Crippen LogP contribution is 2.51. The quantitative estimate of drug-likeness (QED) is 0.0182. The van der Waals surface area contributed by atoms with Crippen LogP contribution < -0.4 is 24.2 Å². The fourth-order valence-electron chi connectivity index (χ4n) is 9.22. The topological polar surface area (TPSA) is 246 Å². The maximum absolute atomic E-state index is 14.1. The van der Waals surface area contributed by atoms with Crippen molar-refractivity contribution < 1.29 is 61.7 Å². The van der Waals surface area contributed by atoms with Crippen LogP contribution in [0.15, 0.2) is 97.1 Å². The van der Waals surface area contributed by atoms with E-state index in [-0.39, 0.29) is 92.0 Å². The highest BCUT2D eigenvalue weighted by molar-refractivity contribution is 7.47. The average molecular weight is 1030 g/mol. The third-order valence-corrected chi connectivity index (χ3v) is 13.9. The van der Waals surface area contributed by atoms with Crippen LogP contribution in [0.2, 0.25) is 0 Å². The molecular formula is C48H47Cl2N5O13P2. The lowest BCUT2D eigenvalue weighted by Gasteiger charge is -2.18. The highest BCUT2D eigenvalue weighted by Gasteiger charge is 2.36. The summed E-state index contributed by atoms with van der Waals surface area (Å²) in [6.07, 6.45) is 10.2. The Morgan fingerprint density at radius 3 is 1.56 bits per heavy atom. The first-order chi connectivity index (χ1) is 33.4. The number of carbonyl (C=O) groups is 5. The zero-order valence-corrected chi connectivity index (χ0v) is 40.5. The number of hydrogen-bond donors (Lipinski definition) is 5. The van der Waals surface area contributed by atoms with Gasteiger partial charge in [0.15, 0.2) is 0 Å². The summed E-state index contributed by atoms with van der Waals surface area (Å²) in [6.45, 7) is 0.954. The molecule has 5 aromatic rings. The maximum atomic E-state index is 14.1. The van der Waals surface area contributed by atoms with Crippen molar-refractivity contribution in [2.45, 2.75) is 44.1 Å². The number of phosphoric acid groups is 2. The van der Waals surface area contributed by atoms with E-state index in [0.29, 0.717) is 63.6 Å². The molecule has 3 aliphatic heterocycles. The number of rotatable bonds is 19. The number of benzene rings is 4. The molecule has 22 heteroatoms. The van der Waals surface area contributed by atoms with Gasteiger partial charge in [0.25, 0.3) is 23.6 Å². The summed E-state index contributed by atoms with van der Waals surface area (Å²) in [4.78, 5) is 108. The second-order valence-electron chi connectivity index (χ2n) is 16.8. The number of amides is 5. The summed E-state index contributed by atoms with van der Waals surface area (Å²) in [6, 6.07) is 20.1. The molecule has 3 aliphatic rings. The predicted octanol–water partition coefficient (Wildman–Crippen LogP) is 7.10. The van der Waals surface area contributed by atoms with Crippen LogP contribution in [0, 0.1) is 0 Å². The summed E-state index contributed by atoms with van der Waals surface area (Å²) >= 11 is 12.9. The normalized spacial score (nSPS) is 16.9. The molecule has 1 unspecified atom stereocenters. The summed E-state index contributed by atoms with van der Waals surface area (Å²) in [5, 5.41) is 5.05. The van der Waals surface area contributed by atoms with Crippen LogP contribution in [0.5, 0.6) is 11.5 Å². The van der Waals surface area contributed by atoms with Gasteiger partial charge in [0, 0.05) is 121 Å². The standard InChI is InChI=1S/C48H47Cl2N5O13P2/c49-26-30-28-54(38-24-40(67-69(61,62)63)34-8-3-5-10-36(34)47(30)38)45(59)17-15-32-13-14-33(52(32)23-21-51-42(56)12-2-1-7-22-53-43(57)19-20-44(53)58)16-18-46(60)55-29-31(27-50)48-37-11-6-4-9-35(37)41(25-39(48)55)68-70(64,65)66/h3-6,8-11,13-20,24-25,30-31H,1-2,7,12,21-23,26-29H2,(H,51,56)(H2,61,62,63)(H2,64,65,66)/b17-15+,18-16+/t30-,31?/m1/s1. The van der Waals surface area contributed by atoms with Gasteiger partial charge in [-0.05, 0) is 59.0 Å². The zero-order chi connectivity index (χ0) is 49.9. The van der Waals surface area contributed by atoms with Crippen LogP contribution in [0.1, 0.15) is 60.0 Å². The minimum absolute atomic E-state index is 0.104. The molecule has 0 radical (unpaired) electrons. The first-order valence-electron chi connectivity index (χ1n) is 22.2. The van der Waals surface area contributed by atoms with Crippen molar-refractivity contribution >= 4 is 113 Å². The van der Waals surface area contributed by atoms with Crippen LogP contribution in [-0.4, -0.2) is 96.5 Å². The number of phosphoric ester groups is 2. The molecule has 1 aromatic heterocycles. The second-order valence-corrected chi connectivity index (χ2v) is 19.7. The number of alkyl halides is 2. The van der Waals surface area contributed by atoms with E-state index in [1.165, 1.54) is 46.2 Å². The molecule has 5 N–H and O–H groups in total. The Hall–Kier alpha value is -6.07.